The minimum Gasteiger partial charge on any atom is -0.313 e. The van der Waals surface area contributed by atoms with Crippen molar-refractivity contribution in [1.82, 2.24) is 31.3 Å². The molecule has 0 saturated carbocycles. The van der Waals surface area contributed by atoms with Crippen LogP contribution in [-0.2, 0) is 0 Å². The van der Waals surface area contributed by atoms with Gasteiger partial charge in [0.25, 0.3) is 0 Å². The molecule has 6 amide bonds. The number of amides is 6. The van der Waals surface area contributed by atoms with Gasteiger partial charge in [-0.2, -0.15) is 10.2 Å². The Hall–Kier alpha value is -4.41. The summed E-state index contributed by atoms with van der Waals surface area (Å²) < 4.78 is 0. The minimum absolute atomic E-state index is 0.374. The molecule has 2 atom stereocenters. The Morgan fingerprint density at radius 1 is 0.750 bits per heavy atom. The molecule has 1 aliphatic heterocycles. The third kappa shape index (κ3) is 5.81. The number of rotatable bonds is 6. The predicted octanol–water partition coefficient (Wildman–Crippen LogP) is 1.30. The lowest BCUT2D eigenvalue weighted by atomic mass is 10.2. The van der Waals surface area contributed by atoms with Gasteiger partial charge in [0.15, 0.2) is 0 Å². The molecular weight excluding hydrogens is 412 g/mol. The first-order valence-electron chi connectivity index (χ1n) is 9.74. The summed E-state index contributed by atoms with van der Waals surface area (Å²) in [4.78, 5) is 39.5. The largest absolute Gasteiger partial charge is 0.336 e. The first kappa shape index (κ1) is 22.3. The normalized spacial score (nSPS) is 18.2. The summed E-state index contributed by atoms with van der Waals surface area (Å²) >= 11 is 0. The molecule has 32 heavy (non-hydrogen) atoms. The maximum absolute atomic E-state index is 12.3. The number of benzene rings is 2. The van der Waals surface area contributed by atoms with Gasteiger partial charge in [0.1, 0.15) is 12.3 Å². The number of hydrazone groups is 2. The van der Waals surface area contributed by atoms with Crippen molar-refractivity contribution in [2.45, 2.75) is 12.3 Å². The highest BCUT2D eigenvalue weighted by atomic mass is 16.2. The maximum atomic E-state index is 12.3. The summed E-state index contributed by atoms with van der Waals surface area (Å²) in [5.41, 5.74) is 6.32. The summed E-state index contributed by atoms with van der Waals surface area (Å²) in [7, 11) is 3.04. The van der Waals surface area contributed by atoms with E-state index in [4.69, 9.17) is 0 Å². The third-order valence-corrected chi connectivity index (χ3v) is 4.65. The molecule has 1 saturated heterocycles. The van der Waals surface area contributed by atoms with Crippen LogP contribution in [0.3, 0.4) is 0 Å². The fraction of sp³-hybridized carbons (Fsp3) is 0.190. The topological polar surface area (TPSA) is 131 Å². The van der Waals surface area contributed by atoms with Gasteiger partial charge < -0.3 is 20.4 Å². The molecular formula is C21H24N8O3. The summed E-state index contributed by atoms with van der Waals surface area (Å²) in [5, 5.41) is 13.0. The monoisotopic (exact) mass is 436 g/mol. The molecule has 166 valence electrons. The Morgan fingerprint density at radius 2 is 1.12 bits per heavy atom. The number of nitrogens with zero attached hydrogens (tertiary/aromatic N) is 4. The second-order valence-electron chi connectivity index (χ2n) is 6.90. The highest BCUT2D eigenvalue weighted by Gasteiger charge is 2.43. The van der Waals surface area contributed by atoms with Gasteiger partial charge in [-0.3, -0.25) is 0 Å². The van der Waals surface area contributed by atoms with Crippen LogP contribution in [0.15, 0.2) is 70.9 Å². The summed E-state index contributed by atoms with van der Waals surface area (Å²) in [5.74, 6) is 0. The van der Waals surface area contributed by atoms with Crippen LogP contribution in [0.4, 0.5) is 14.4 Å². The smallest absolute Gasteiger partial charge is 0.313 e. The van der Waals surface area contributed by atoms with E-state index in [0.29, 0.717) is 0 Å². The van der Waals surface area contributed by atoms with Gasteiger partial charge in [0.05, 0.1) is 12.4 Å². The number of urea groups is 3. The van der Waals surface area contributed by atoms with Gasteiger partial charge >= 0.3 is 18.1 Å². The quantitative estimate of drug-likeness (QED) is 0.402. The van der Waals surface area contributed by atoms with E-state index >= 15 is 0 Å². The molecule has 0 aliphatic carbocycles. The molecule has 1 fully saturated rings. The molecule has 4 N–H and O–H groups in total. The van der Waals surface area contributed by atoms with Crippen molar-refractivity contribution in [3.05, 3.63) is 71.8 Å². The van der Waals surface area contributed by atoms with Gasteiger partial charge in [0.2, 0.25) is 0 Å². The van der Waals surface area contributed by atoms with Crippen LogP contribution < -0.4 is 21.5 Å². The van der Waals surface area contributed by atoms with Crippen molar-refractivity contribution in [2.24, 2.45) is 10.2 Å². The van der Waals surface area contributed by atoms with E-state index in [2.05, 4.69) is 31.7 Å². The summed E-state index contributed by atoms with van der Waals surface area (Å²) in [6.07, 6.45) is 1.32. The molecule has 0 spiro atoms. The molecule has 3 rings (SSSR count). The van der Waals surface area contributed by atoms with E-state index in [9.17, 15) is 14.4 Å². The van der Waals surface area contributed by atoms with Crippen LogP contribution in [0.2, 0.25) is 0 Å². The van der Waals surface area contributed by atoms with Crippen LogP contribution in [0.5, 0.6) is 0 Å². The summed E-state index contributed by atoms with van der Waals surface area (Å²) in [6, 6.07) is 16.8. The first-order valence-corrected chi connectivity index (χ1v) is 9.74. The Bertz CT molecular complexity index is 917. The predicted molar refractivity (Wildman–Crippen MR) is 120 cm³/mol. The number of likely N-dealkylation sites (N-methyl/N-ethyl adjacent to an activating group) is 2. The van der Waals surface area contributed by atoms with Crippen molar-refractivity contribution >= 4 is 30.5 Å². The zero-order valence-corrected chi connectivity index (χ0v) is 17.6. The SMILES string of the molecule is CN1C(=O)N(C)[C@H](NC(=O)N/N=C\c2ccccc2)[C@H]1NC(=O)N/N=C\c1ccccc1. The Labute approximate surface area is 185 Å². The van der Waals surface area contributed by atoms with Crippen LogP contribution in [0, 0.1) is 0 Å². The number of carbonyl (C=O) groups is 3. The van der Waals surface area contributed by atoms with E-state index in [1.54, 1.807) is 0 Å². The van der Waals surface area contributed by atoms with E-state index in [1.807, 2.05) is 60.7 Å². The zero-order valence-electron chi connectivity index (χ0n) is 17.6. The average molecular weight is 436 g/mol. The molecule has 11 heteroatoms. The Kier molecular flexibility index (Phi) is 7.36. The molecule has 0 unspecified atom stereocenters. The zero-order chi connectivity index (χ0) is 22.9. The van der Waals surface area contributed by atoms with E-state index in [0.717, 1.165) is 11.1 Å². The van der Waals surface area contributed by atoms with Gasteiger partial charge in [-0.15, -0.1) is 0 Å². The van der Waals surface area contributed by atoms with Gasteiger partial charge in [0, 0.05) is 14.1 Å². The minimum atomic E-state index is -0.830. The van der Waals surface area contributed by atoms with Crippen LogP contribution >= 0.6 is 0 Å². The van der Waals surface area contributed by atoms with Crippen molar-refractivity contribution in [1.29, 1.82) is 0 Å². The van der Waals surface area contributed by atoms with E-state index < -0.39 is 24.4 Å². The first-order chi connectivity index (χ1) is 15.5. The molecule has 0 bridgehead atoms. The highest BCUT2D eigenvalue weighted by Crippen LogP contribution is 2.16. The highest BCUT2D eigenvalue weighted by molar-refractivity contribution is 5.84. The van der Waals surface area contributed by atoms with Crippen LogP contribution in [0.25, 0.3) is 0 Å². The van der Waals surface area contributed by atoms with Crippen molar-refractivity contribution in [2.75, 3.05) is 14.1 Å². The number of hydrogen-bond acceptors (Lipinski definition) is 5. The van der Waals surface area contributed by atoms with E-state index in [1.165, 1.54) is 36.3 Å². The summed E-state index contributed by atoms with van der Waals surface area (Å²) in [6.45, 7) is 0. The lowest BCUT2D eigenvalue weighted by Crippen LogP contribution is -2.58. The third-order valence-electron chi connectivity index (χ3n) is 4.65. The van der Waals surface area contributed by atoms with Crippen molar-refractivity contribution < 1.29 is 14.4 Å². The fourth-order valence-electron chi connectivity index (χ4n) is 3.00. The van der Waals surface area contributed by atoms with Gasteiger partial charge in [-0.05, 0) is 11.1 Å². The molecule has 1 heterocycles. The van der Waals surface area contributed by atoms with Gasteiger partial charge in [-0.1, -0.05) is 60.7 Å². The molecule has 11 nitrogen and oxygen atoms in total. The molecule has 2 aromatic rings. The van der Waals surface area contributed by atoms with Crippen LogP contribution in [0.1, 0.15) is 11.1 Å². The number of nitrogens with one attached hydrogen (secondary N) is 4. The second-order valence-corrected chi connectivity index (χ2v) is 6.90. The lowest BCUT2D eigenvalue weighted by Gasteiger charge is -2.26. The standard InChI is InChI=1S/C21H24N8O3/c1-28-17(24-19(30)26-22-13-15-9-5-3-6-10-15)18(29(2)21(28)32)25-20(31)27-23-14-16-11-7-4-8-12-16/h3-14,17-18H,1-2H3,(H2,24,26,30)(H2,25,27,31)/b22-13-,23-14-/t17-,18-/m0/s1. The van der Waals surface area contributed by atoms with Crippen molar-refractivity contribution in [3.8, 4) is 0 Å². The second kappa shape index (κ2) is 10.6. The number of hydrogen-bond donors (Lipinski definition) is 4. The average Bonchev–Trinajstić information content (AvgIpc) is 2.99. The molecule has 0 aromatic heterocycles. The molecule has 2 aromatic carbocycles. The lowest BCUT2D eigenvalue weighted by molar-refractivity contribution is 0.194. The van der Waals surface area contributed by atoms with E-state index in [-0.39, 0.29) is 6.03 Å². The Balaban J connectivity index is 1.56. The van der Waals surface area contributed by atoms with Crippen LogP contribution in [-0.4, -0.2) is 66.7 Å². The fourth-order valence-corrected chi connectivity index (χ4v) is 3.00. The Morgan fingerprint density at radius 3 is 1.50 bits per heavy atom. The maximum Gasteiger partial charge on any atom is 0.336 e. The number of carbonyl (C=O) groups excluding carboxylic acids is 3. The van der Waals surface area contributed by atoms with Crippen molar-refractivity contribution in [3.63, 3.8) is 0 Å². The molecule has 1 aliphatic rings. The molecule has 0 radical (unpaired) electrons. The van der Waals surface area contributed by atoms with Gasteiger partial charge in [-0.25, -0.2) is 25.2 Å².